The van der Waals surface area contributed by atoms with Crippen LogP contribution in [0.25, 0.3) is 0 Å². The van der Waals surface area contributed by atoms with Gasteiger partial charge in [0.15, 0.2) is 0 Å². The van der Waals surface area contributed by atoms with Gasteiger partial charge in [0.05, 0.1) is 22.1 Å². The SMILES string of the molecule is CC(C)c1ccc(C(=O)Nc2ccncc2)c(S(=O)Cc2ccccc2N(C)C)n1. The number of carbonyl (C=O) groups is 1. The number of benzene rings is 1. The van der Waals surface area contributed by atoms with Crippen molar-refractivity contribution in [1.29, 1.82) is 0 Å². The van der Waals surface area contributed by atoms with Crippen molar-refractivity contribution in [3.05, 3.63) is 77.7 Å². The molecule has 0 saturated carbocycles. The molecule has 0 spiro atoms. The third kappa shape index (κ3) is 5.10. The van der Waals surface area contributed by atoms with Gasteiger partial charge in [-0.25, -0.2) is 4.98 Å². The quantitative estimate of drug-likeness (QED) is 0.617. The average molecular weight is 423 g/mol. The van der Waals surface area contributed by atoms with E-state index in [1.165, 1.54) is 0 Å². The lowest BCUT2D eigenvalue weighted by Crippen LogP contribution is -2.18. The maximum absolute atomic E-state index is 13.4. The summed E-state index contributed by atoms with van der Waals surface area (Å²) in [5.74, 6) is 0.0960. The monoisotopic (exact) mass is 422 g/mol. The van der Waals surface area contributed by atoms with Gasteiger partial charge in [0.25, 0.3) is 5.91 Å². The molecule has 6 nitrogen and oxygen atoms in total. The second-order valence-electron chi connectivity index (χ2n) is 7.45. The van der Waals surface area contributed by atoms with Crippen LogP contribution in [0.4, 0.5) is 11.4 Å². The lowest BCUT2D eigenvalue weighted by molar-refractivity contribution is 0.102. The molecule has 1 atom stereocenters. The largest absolute Gasteiger partial charge is 0.377 e. The van der Waals surface area contributed by atoms with E-state index in [1.54, 1.807) is 30.6 Å². The minimum atomic E-state index is -1.49. The maximum Gasteiger partial charge on any atom is 0.258 e. The first-order valence-corrected chi connectivity index (χ1v) is 11.0. The number of hydrogen-bond donors (Lipinski definition) is 1. The van der Waals surface area contributed by atoms with Crippen molar-refractivity contribution in [2.75, 3.05) is 24.3 Å². The van der Waals surface area contributed by atoms with Gasteiger partial charge in [0.1, 0.15) is 5.03 Å². The number of para-hydroxylation sites is 1. The van der Waals surface area contributed by atoms with E-state index < -0.39 is 10.8 Å². The Morgan fingerprint density at radius 2 is 1.77 bits per heavy atom. The number of rotatable bonds is 7. The zero-order valence-corrected chi connectivity index (χ0v) is 18.4. The van der Waals surface area contributed by atoms with Crippen molar-refractivity contribution in [2.24, 2.45) is 0 Å². The van der Waals surface area contributed by atoms with Crippen molar-refractivity contribution < 1.29 is 9.00 Å². The van der Waals surface area contributed by atoms with Crippen molar-refractivity contribution in [1.82, 2.24) is 9.97 Å². The molecule has 1 N–H and O–H groups in total. The third-order valence-electron chi connectivity index (χ3n) is 4.63. The summed E-state index contributed by atoms with van der Waals surface area (Å²) < 4.78 is 13.4. The van der Waals surface area contributed by atoms with E-state index in [0.717, 1.165) is 16.9 Å². The summed E-state index contributed by atoms with van der Waals surface area (Å²) in [6.45, 7) is 4.04. The van der Waals surface area contributed by atoms with E-state index in [4.69, 9.17) is 0 Å². The van der Waals surface area contributed by atoms with Crippen LogP contribution in [0.15, 0.2) is 66.0 Å². The van der Waals surface area contributed by atoms with E-state index in [1.807, 2.05) is 63.2 Å². The lowest BCUT2D eigenvalue weighted by Gasteiger charge is -2.18. The molecule has 1 unspecified atom stereocenters. The predicted octanol–water partition coefficient (Wildman–Crippen LogP) is 4.23. The Morgan fingerprint density at radius 1 is 1.07 bits per heavy atom. The molecular weight excluding hydrogens is 396 g/mol. The van der Waals surface area contributed by atoms with Gasteiger partial charge in [0.2, 0.25) is 0 Å². The molecule has 0 saturated heterocycles. The van der Waals surface area contributed by atoms with Crippen LogP contribution in [-0.2, 0) is 16.6 Å². The summed E-state index contributed by atoms with van der Waals surface area (Å²) in [6, 6.07) is 14.8. The molecule has 30 heavy (non-hydrogen) atoms. The van der Waals surface area contributed by atoms with Gasteiger partial charge in [-0.2, -0.15) is 0 Å². The summed E-state index contributed by atoms with van der Waals surface area (Å²) in [6.07, 6.45) is 3.21. The van der Waals surface area contributed by atoms with Crippen LogP contribution in [0.5, 0.6) is 0 Å². The molecule has 2 heterocycles. The van der Waals surface area contributed by atoms with Crippen LogP contribution >= 0.6 is 0 Å². The summed E-state index contributed by atoms with van der Waals surface area (Å²) in [7, 11) is 2.41. The highest BCUT2D eigenvalue weighted by Crippen LogP contribution is 2.24. The smallest absolute Gasteiger partial charge is 0.258 e. The zero-order valence-electron chi connectivity index (χ0n) is 17.6. The minimum Gasteiger partial charge on any atom is -0.377 e. The van der Waals surface area contributed by atoms with Crippen molar-refractivity contribution in [3.8, 4) is 0 Å². The zero-order chi connectivity index (χ0) is 21.7. The number of pyridine rings is 2. The lowest BCUT2D eigenvalue weighted by atomic mass is 10.1. The van der Waals surface area contributed by atoms with Crippen molar-refractivity contribution >= 4 is 28.1 Å². The maximum atomic E-state index is 13.4. The van der Waals surface area contributed by atoms with Gasteiger partial charge < -0.3 is 10.2 Å². The molecule has 0 fully saturated rings. The van der Waals surface area contributed by atoms with Crippen LogP contribution in [0.3, 0.4) is 0 Å². The molecule has 0 aliphatic rings. The standard InChI is InChI=1S/C23H26N4O2S/c1-16(2)20-10-9-19(22(28)25-18-11-13-24-14-12-18)23(26-20)30(29)15-17-7-5-6-8-21(17)27(3)4/h5-14,16H,15H2,1-4H3,(H,24,25,28). The van der Waals surface area contributed by atoms with Gasteiger partial charge in [-0.1, -0.05) is 32.0 Å². The summed E-state index contributed by atoms with van der Waals surface area (Å²) in [4.78, 5) is 23.5. The summed E-state index contributed by atoms with van der Waals surface area (Å²) in [5.41, 5.74) is 3.68. The normalized spacial score (nSPS) is 11.9. The fourth-order valence-corrected chi connectivity index (χ4v) is 4.31. The van der Waals surface area contributed by atoms with Crippen molar-refractivity contribution in [2.45, 2.75) is 30.5 Å². The number of carbonyl (C=O) groups excluding carboxylic acids is 1. The third-order valence-corrected chi connectivity index (χ3v) is 5.95. The topological polar surface area (TPSA) is 75.2 Å². The van der Waals surface area contributed by atoms with Gasteiger partial charge >= 0.3 is 0 Å². The van der Waals surface area contributed by atoms with Crippen LogP contribution in [0.1, 0.15) is 41.4 Å². The van der Waals surface area contributed by atoms with E-state index >= 15 is 0 Å². The van der Waals surface area contributed by atoms with E-state index in [2.05, 4.69) is 15.3 Å². The van der Waals surface area contributed by atoms with Gasteiger partial charge in [-0.3, -0.25) is 14.0 Å². The molecule has 3 aromatic rings. The van der Waals surface area contributed by atoms with Crippen molar-refractivity contribution in [3.63, 3.8) is 0 Å². The molecule has 0 bridgehead atoms. The Morgan fingerprint density at radius 3 is 2.43 bits per heavy atom. The average Bonchev–Trinajstić information content (AvgIpc) is 2.74. The summed E-state index contributed by atoms with van der Waals surface area (Å²) >= 11 is 0. The Labute approximate surface area is 179 Å². The van der Waals surface area contributed by atoms with Crippen LogP contribution in [-0.4, -0.2) is 34.2 Å². The number of nitrogens with zero attached hydrogens (tertiary/aromatic N) is 3. The summed E-state index contributed by atoms with van der Waals surface area (Å²) in [5, 5.41) is 3.14. The number of amides is 1. The highest BCUT2D eigenvalue weighted by molar-refractivity contribution is 7.84. The molecule has 1 amide bonds. The molecule has 0 aliphatic heterocycles. The highest BCUT2D eigenvalue weighted by Gasteiger charge is 2.21. The van der Waals surface area contributed by atoms with Crippen LogP contribution in [0, 0.1) is 0 Å². The number of anilines is 2. The predicted molar refractivity (Wildman–Crippen MR) is 121 cm³/mol. The number of hydrogen-bond acceptors (Lipinski definition) is 5. The Bertz CT molecular complexity index is 1050. The fourth-order valence-electron chi connectivity index (χ4n) is 3.04. The number of nitrogens with one attached hydrogen (secondary N) is 1. The molecule has 156 valence electrons. The molecule has 3 rings (SSSR count). The molecule has 0 aliphatic carbocycles. The first-order chi connectivity index (χ1) is 14.4. The fraction of sp³-hybridized carbons (Fsp3) is 0.261. The van der Waals surface area contributed by atoms with Gasteiger partial charge in [0, 0.05) is 43.6 Å². The molecule has 7 heteroatoms. The first kappa shape index (κ1) is 21.6. The second kappa shape index (κ2) is 9.63. The highest BCUT2D eigenvalue weighted by atomic mass is 32.2. The van der Waals surface area contributed by atoms with Gasteiger partial charge in [-0.15, -0.1) is 0 Å². The number of aromatic nitrogens is 2. The van der Waals surface area contributed by atoms with Gasteiger partial charge in [-0.05, 0) is 41.8 Å². The Balaban J connectivity index is 1.96. The molecule has 2 aromatic heterocycles. The second-order valence-corrected chi connectivity index (χ2v) is 8.81. The van der Waals surface area contributed by atoms with E-state index in [9.17, 15) is 9.00 Å². The first-order valence-electron chi connectivity index (χ1n) is 9.72. The minimum absolute atomic E-state index is 0.159. The Hall–Kier alpha value is -3.06. The Kier molecular flexibility index (Phi) is 6.95. The molecular formula is C23H26N4O2S. The van der Waals surface area contributed by atoms with E-state index in [-0.39, 0.29) is 17.6 Å². The van der Waals surface area contributed by atoms with Crippen LogP contribution < -0.4 is 10.2 Å². The van der Waals surface area contributed by atoms with Crippen LogP contribution in [0.2, 0.25) is 0 Å². The van der Waals surface area contributed by atoms with E-state index in [0.29, 0.717) is 16.3 Å². The molecule has 1 aromatic carbocycles. The molecule has 0 radical (unpaired) electrons.